The lowest BCUT2D eigenvalue weighted by molar-refractivity contribution is -0.143. The molecule has 2 atom stereocenters. The Hall–Kier alpha value is -3.91. The smallest absolute Gasteiger partial charge is 0.335 e. The van der Waals surface area contributed by atoms with E-state index >= 15 is 0 Å². The maximum absolute atomic E-state index is 13.7. The van der Waals surface area contributed by atoms with E-state index in [0.717, 1.165) is 37.4 Å². The number of carbonyl (C=O) groups excluding carboxylic acids is 2. The summed E-state index contributed by atoms with van der Waals surface area (Å²) in [5.74, 6) is -0.861. The third-order valence-electron chi connectivity index (χ3n) is 9.85. The van der Waals surface area contributed by atoms with Crippen LogP contribution in [0.4, 0.5) is 26.3 Å². The summed E-state index contributed by atoms with van der Waals surface area (Å²) in [6.45, 7) is 6.54. The van der Waals surface area contributed by atoms with E-state index in [1.165, 1.54) is 4.90 Å². The predicted molar refractivity (Wildman–Crippen MR) is 165 cm³/mol. The minimum absolute atomic E-state index is 0.0292. The Morgan fingerprint density at radius 2 is 1.38 bits per heavy atom. The molecule has 3 aromatic rings. The number of halogens is 6. The molecular weight excluding hydrogens is 638 g/mol. The molecule has 258 valence electrons. The molecule has 2 aromatic carbocycles. The van der Waals surface area contributed by atoms with Crippen molar-refractivity contribution in [1.29, 1.82) is 0 Å². The van der Waals surface area contributed by atoms with Gasteiger partial charge in [-0.25, -0.2) is 0 Å². The number of hydrogen-bond acceptors (Lipinski definition) is 5. The Morgan fingerprint density at radius 3 is 1.92 bits per heavy atom. The van der Waals surface area contributed by atoms with Crippen LogP contribution in [-0.2, 0) is 25.8 Å². The molecule has 3 fully saturated rings. The van der Waals surface area contributed by atoms with Crippen molar-refractivity contribution < 1.29 is 35.9 Å². The van der Waals surface area contributed by atoms with E-state index < -0.39 is 41.0 Å². The molecule has 3 aliphatic rings. The molecule has 3 saturated heterocycles. The topological polar surface area (TPSA) is 64.9 Å². The van der Waals surface area contributed by atoms with Gasteiger partial charge in [0.15, 0.2) is 0 Å². The van der Waals surface area contributed by atoms with Crippen molar-refractivity contribution >= 4 is 11.8 Å². The number of likely N-dealkylation sites (tertiary alicyclic amines) is 2. The number of benzene rings is 2. The van der Waals surface area contributed by atoms with Crippen LogP contribution in [0.3, 0.4) is 0 Å². The molecule has 0 aliphatic carbocycles. The van der Waals surface area contributed by atoms with Crippen LogP contribution in [0.5, 0.6) is 0 Å². The maximum Gasteiger partial charge on any atom is 0.416 e. The number of piperazine rings is 1. The summed E-state index contributed by atoms with van der Waals surface area (Å²) < 4.78 is 83.1. The first kappa shape index (κ1) is 34.0. The van der Waals surface area contributed by atoms with Crippen molar-refractivity contribution in [2.75, 3.05) is 45.8 Å². The molecule has 0 spiro atoms. The molecule has 0 saturated carbocycles. The van der Waals surface area contributed by atoms with Crippen LogP contribution in [0.1, 0.15) is 56.1 Å². The summed E-state index contributed by atoms with van der Waals surface area (Å²) in [5.41, 5.74) is -1.33. The van der Waals surface area contributed by atoms with E-state index in [4.69, 9.17) is 0 Å². The van der Waals surface area contributed by atoms with Gasteiger partial charge in [0.25, 0.3) is 11.8 Å². The molecule has 48 heavy (non-hydrogen) atoms. The van der Waals surface area contributed by atoms with Crippen molar-refractivity contribution in [3.05, 3.63) is 88.2 Å². The van der Waals surface area contributed by atoms with E-state index in [2.05, 4.69) is 14.9 Å². The van der Waals surface area contributed by atoms with Gasteiger partial charge < -0.3 is 9.80 Å². The number of aromatic nitrogens is 2. The normalized spacial score (nSPS) is 21.8. The number of rotatable bonds is 6. The quantitative estimate of drug-likeness (QED) is 0.340. The minimum Gasteiger partial charge on any atom is -0.335 e. The molecule has 0 N–H and O–H groups in total. The fraction of sp³-hybridized carbons (Fsp3) is 0.500. The summed E-state index contributed by atoms with van der Waals surface area (Å²) in [6, 6.07) is 12.2. The van der Waals surface area contributed by atoms with E-state index in [1.807, 2.05) is 42.2 Å². The van der Waals surface area contributed by atoms with Gasteiger partial charge in [-0.2, -0.15) is 31.4 Å². The third kappa shape index (κ3) is 7.24. The van der Waals surface area contributed by atoms with Crippen molar-refractivity contribution in [3.8, 4) is 0 Å². The second-order valence-electron chi connectivity index (χ2n) is 13.0. The van der Waals surface area contributed by atoms with Crippen LogP contribution in [0.2, 0.25) is 0 Å². The molecule has 1 aromatic heterocycles. The van der Waals surface area contributed by atoms with Gasteiger partial charge in [-0.1, -0.05) is 30.3 Å². The van der Waals surface area contributed by atoms with Crippen LogP contribution in [0.25, 0.3) is 0 Å². The molecule has 4 heterocycles. The number of nitrogens with zero attached hydrogens (tertiary/aromatic N) is 6. The Labute approximate surface area is 274 Å². The van der Waals surface area contributed by atoms with Gasteiger partial charge in [0.05, 0.1) is 16.8 Å². The van der Waals surface area contributed by atoms with Crippen molar-refractivity contribution in [2.24, 2.45) is 7.05 Å². The number of amides is 2. The largest absolute Gasteiger partial charge is 0.416 e. The van der Waals surface area contributed by atoms with Crippen molar-refractivity contribution in [3.63, 3.8) is 0 Å². The zero-order valence-corrected chi connectivity index (χ0v) is 26.8. The van der Waals surface area contributed by atoms with Gasteiger partial charge in [-0.05, 0) is 56.0 Å². The van der Waals surface area contributed by atoms with E-state index in [9.17, 15) is 35.9 Å². The molecule has 0 bridgehead atoms. The summed E-state index contributed by atoms with van der Waals surface area (Å²) in [7, 11) is 1.76. The van der Waals surface area contributed by atoms with Crippen molar-refractivity contribution in [2.45, 2.75) is 56.7 Å². The second-order valence-corrected chi connectivity index (χ2v) is 13.0. The molecule has 6 rings (SSSR count). The summed E-state index contributed by atoms with van der Waals surface area (Å²) in [6.07, 6.45) is -8.56. The monoisotopic (exact) mass is 676 g/mol. The summed E-state index contributed by atoms with van der Waals surface area (Å²) in [5, 5.41) is 4.27. The molecular formula is C34H38F6N6O2. The summed E-state index contributed by atoms with van der Waals surface area (Å²) >= 11 is 0. The minimum atomic E-state index is -5.04. The maximum atomic E-state index is 13.7. The average molecular weight is 677 g/mol. The van der Waals surface area contributed by atoms with Crippen LogP contribution >= 0.6 is 0 Å². The van der Waals surface area contributed by atoms with E-state index in [-0.39, 0.29) is 30.6 Å². The molecule has 14 heteroatoms. The standard InChI is InChI=1S/C34H38F6N6O2/c1-22-14-30(42(2)41-22)32(48)45-20-29(21-45)44-12-10-43(11-13-44)27-8-9-46(28(19-27)15-23-6-4-3-5-7-23)31(47)24-16-25(33(35,36)37)18-26(17-24)34(38,39)40/h3-7,14,16-18,27-29H,8-13,15,19-21H2,1-2H3/t27?,28-/m1/s1. The Balaban J connectivity index is 1.12. The number of piperidine rings is 1. The Kier molecular flexibility index (Phi) is 9.33. The lowest BCUT2D eigenvalue weighted by Gasteiger charge is -2.50. The average Bonchev–Trinajstić information content (AvgIpc) is 3.37. The number of alkyl halides is 6. The first-order valence-corrected chi connectivity index (χ1v) is 16.1. The summed E-state index contributed by atoms with van der Waals surface area (Å²) in [4.78, 5) is 34.7. The SMILES string of the molecule is Cc1cc(C(=O)N2CC(N3CCN(C4CCN(C(=O)c5cc(C(F)(F)F)cc(C(F)(F)F)c5)[C@H](Cc5ccccc5)C4)CC3)C2)n(C)n1. The first-order chi connectivity index (χ1) is 22.7. The molecule has 0 radical (unpaired) electrons. The third-order valence-corrected chi connectivity index (χ3v) is 9.85. The number of carbonyl (C=O) groups is 2. The highest BCUT2D eigenvalue weighted by Crippen LogP contribution is 2.37. The van der Waals surface area contributed by atoms with Crippen LogP contribution in [-0.4, -0.2) is 105 Å². The fourth-order valence-corrected chi connectivity index (χ4v) is 7.25. The lowest BCUT2D eigenvalue weighted by Crippen LogP contribution is -2.65. The highest BCUT2D eigenvalue weighted by Gasteiger charge is 2.42. The fourth-order valence-electron chi connectivity index (χ4n) is 7.25. The predicted octanol–water partition coefficient (Wildman–Crippen LogP) is 5.12. The number of hydrogen-bond donors (Lipinski definition) is 0. The van der Waals surface area contributed by atoms with Gasteiger partial charge in [-0.15, -0.1) is 0 Å². The lowest BCUT2D eigenvalue weighted by atomic mass is 9.90. The first-order valence-electron chi connectivity index (χ1n) is 16.1. The zero-order valence-electron chi connectivity index (χ0n) is 26.8. The van der Waals surface area contributed by atoms with Crippen LogP contribution in [0, 0.1) is 6.92 Å². The Morgan fingerprint density at radius 1 is 0.792 bits per heavy atom. The van der Waals surface area contributed by atoms with E-state index in [0.29, 0.717) is 50.2 Å². The van der Waals surface area contributed by atoms with Crippen LogP contribution < -0.4 is 0 Å². The highest BCUT2D eigenvalue weighted by molar-refractivity contribution is 5.95. The van der Waals surface area contributed by atoms with Crippen LogP contribution in [0.15, 0.2) is 54.6 Å². The highest BCUT2D eigenvalue weighted by atomic mass is 19.4. The molecule has 1 unspecified atom stereocenters. The van der Waals surface area contributed by atoms with Gasteiger partial charge in [0, 0.05) is 76.5 Å². The van der Waals surface area contributed by atoms with Gasteiger partial charge in [-0.3, -0.25) is 24.1 Å². The van der Waals surface area contributed by atoms with Crippen molar-refractivity contribution in [1.82, 2.24) is 29.4 Å². The van der Waals surface area contributed by atoms with Gasteiger partial charge in [0.2, 0.25) is 0 Å². The molecule has 3 aliphatic heterocycles. The van der Waals surface area contributed by atoms with Gasteiger partial charge >= 0.3 is 12.4 Å². The second kappa shape index (κ2) is 13.2. The Bertz CT molecular complexity index is 1590. The molecule has 2 amide bonds. The zero-order chi connectivity index (χ0) is 34.4. The number of aryl methyl sites for hydroxylation is 2. The molecule has 8 nitrogen and oxygen atoms in total. The van der Waals surface area contributed by atoms with E-state index in [1.54, 1.807) is 17.8 Å². The van der Waals surface area contributed by atoms with Gasteiger partial charge in [0.1, 0.15) is 5.69 Å².